The van der Waals surface area contributed by atoms with Gasteiger partial charge in [-0.3, -0.25) is 9.59 Å². The number of H-pyrrole nitrogens is 1. The summed E-state index contributed by atoms with van der Waals surface area (Å²) in [6.07, 6.45) is 0. The number of benzene rings is 1. The second-order valence-corrected chi connectivity index (χ2v) is 6.66. The molecule has 154 valence electrons. The third-order valence-corrected chi connectivity index (χ3v) is 4.82. The highest BCUT2D eigenvalue weighted by molar-refractivity contribution is 6.05. The van der Waals surface area contributed by atoms with E-state index < -0.39 is 5.97 Å². The molecule has 1 aromatic heterocycles. The zero-order valence-corrected chi connectivity index (χ0v) is 17.0. The average molecular weight is 400 g/mol. The van der Waals surface area contributed by atoms with Crippen LogP contribution in [0, 0.1) is 13.8 Å². The van der Waals surface area contributed by atoms with Crippen LogP contribution < -0.4 is 9.47 Å². The number of rotatable bonds is 7. The van der Waals surface area contributed by atoms with Crippen molar-refractivity contribution in [3.63, 3.8) is 0 Å². The summed E-state index contributed by atoms with van der Waals surface area (Å²) in [5, 5.41) is 0. The van der Waals surface area contributed by atoms with Gasteiger partial charge in [0, 0.05) is 23.4 Å². The highest BCUT2D eigenvalue weighted by Gasteiger charge is 2.26. The van der Waals surface area contributed by atoms with Gasteiger partial charge in [-0.1, -0.05) is 0 Å². The standard InChI is InChI=1S/C21H24N2O6/c1-5-23(20(25)14-7-8-16-17(9-14)29-11-28-16)10-15(24)18-12(3)19(22-13(18)4)21(26)27-6-2/h7-9,22H,5-6,10-11H2,1-4H3. The van der Waals surface area contributed by atoms with Crippen molar-refractivity contribution in [2.24, 2.45) is 0 Å². The van der Waals surface area contributed by atoms with Gasteiger partial charge in [0.1, 0.15) is 5.69 Å². The molecule has 0 aliphatic carbocycles. The molecule has 0 spiro atoms. The molecule has 2 heterocycles. The topological polar surface area (TPSA) is 97.9 Å². The molecular weight excluding hydrogens is 376 g/mol. The van der Waals surface area contributed by atoms with Crippen molar-refractivity contribution in [1.29, 1.82) is 0 Å². The molecule has 1 amide bonds. The number of ketones is 1. The van der Waals surface area contributed by atoms with Crippen molar-refractivity contribution in [2.45, 2.75) is 27.7 Å². The van der Waals surface area contributed by atoms with Gasteiger partial charge >= 0.3 is 5.97 Å². The molecule has 29 heavy (non-hydrogen) atoms. The molecule has 2 aromatic rings. The van der Waals surface area contributed by atoms with Gasteiger partial charge in [0.2, 0.25) is 6.79 Å². The maximum atomic E-state index is 13.0. The maximum Gasteiger partial charge on any atom is 0.355 e. The van der Waals surface area contributed by atoms with E-state index in [1.807, 2.05) is 0 Å². The number of aryl methyl sites for hydroxylation is 1. The number of carbonyl (C=O) groups is 3. The molecule has 0 bridgehead atoms. The molecule has 0 saturated carbocycles. The van der Waals surface area contributed by atoms with E-state index in [1.165, 1.54) is 4.90 Å². The summed E-state index contributed by atoms with van der Waals surface area (Å²) in [6, 6.07) is 4.94. The van der Waals surface area contributed by atoms with E-state index in [0.717, 1.165) is 0 Å². The van der Waals surface area contributed by atoms with Crippen molar-refractivity contribution in [3.8, 4) is 11.5 Å². The first-order chi connectivity index (χ1) is 13.9. The Kier molecular flexibility index (Phi) is 5.91. The summed E-state index contributed by atoms with van der Waals surface area (Å²) in [5.74, 6) is 0.0645. The van der Waals surface area contributed by atoms with Crippen LogP contribution >= 0.6 is 0 Å². The average Bonchev–Trinajstić information content (AvgIpc) is 3.28. The van der Waals surface area contributed by atoms with Crippen LogP contribution in [0.1, 0.15) is 56.3 Å². The number of hydrogen-bond donors (Lipinski definition) is 1. The lowest BCUT2D eigenvalue weighted by atomic mass is 10.0. The number of ether oxygens (including phenoxy) is 3. The first-order valence-electron chi connectivity index (χ1n) is 9.45. The van der Waals surface area contributed by atoms with E-state index in [1.54, 1.807) is 45.9 Å². The predicted molar refractivity (Wildman–Crippen MR) is 105 cm³/mol. The van der Waals surface area contributed by atoms with Crippen LogP contribution in [0.4, 0.5) is 0 Å². The van der Waals surface area contributed by atoms with Crippen molar-refractivity contribution in [3.05, 3.63) is 46.3 Å². The number of hydrogen-bond acceptors (Lipinski definition) is 6. The Bertz CT molecular complexity index is 962. The van der Waals surface area contributed by atoms with Gasteiger partial charge < -0.3 is 24.1 Å². The van der Waals surface area contributed by atoms with Crippen LogP contribution in [0.15, 0.2) is 18.2 Å². The van der Waals surface area contributed by atoms with Gasteiger partial charge in [-0.25, -0.2) is 4.79 Å². The van der Waals surface area contributed by atoms with E-state index in [0.29, 0.717) is 40.4 Å². The van der Waals surface area contributed by atoms with E-state index >= 15 is 0 Å². The second kappa shape index (κ2) is 8.38. The van der Waals surface area contributed by atoms with E-state index in [4.69, 9.17) is 14.2 Å². The maximum absolute atomic E-state index is 13.0. The molecule has 1 aliphatic heterocycles. The molecule has 0 fully saturated rings. The van der Waals surface area contributed by atoms with Crippen LogP contribution in [0.25, 0.3) is 0 Å². The molecular formula is C21H24N2O6. The van der Waals surface area contributed by atoms with Gasteiger partial charge in [-0.15, -0.1) is 0 Å². The van der Waals surface area contributed by atoms with Gasteiger partial charge in [-0.2, -0.15) is 0 Å². The van der Waals surface area contributed by atoms with Crippen molar-refractivity contribution in [2.75, 3.05) is 26.5 Å². The van der Waals surface area contributed by atoms with E-state index in [9.17, 15) is 14.4 Å². The van der Waals surface area contributed by atoms with Crippen molar-refractivity contribution < 1.29 is 28.6 Å². The quantitative estimate of drug-likeness (QED) is 0.567. The number of fused-ring (bicyclic) bond motifs is 1. The summed E-state index contributed by atoms with van der Waals surface area (Å²) in [5.41, 5.74) is 2.18. The monoisotopic (exact) mass is 400 g/mol. The van der Waals surface area contributed by atoms with Crippen molar-refractivity contribution >= 4 is 17.7 Å². The number of nitrogens with one attached hydrogen (secondary N) is 1. The lowest BCUT2D eigenvalue weighted by Crippen LogP contribution is -2.35. The lowest BCUT2D eigenvalue weighted by Gasteiger charge is -2.20. The van der Waals surface area contributed by atoms with Crippen LogP contribution in [0.5, 0.6) is 11.5 Å². The zero-order valence-electron chi connectivity index (χ0n) is 17.0. The minimum absolute atomic E-state index is 0.106. The Labute approximate surface area is 168 Å². The van der Waals surface area contributed by atoms with E-state index in [2.05, 4.69) is 4.98 Å². The third kappa shape index (κ3) is 3.96. The minimum atomic E-state index is -0.504. The highest BCUT2D eigenvalue weighted by Crippen LogP contribution is 2.32. The van der Waals surface area contributed by atoms with Crippen LogP contribution in [-0.4, -0.2) is 54.0 Å². The molecule has 1 N–H and O–H groups in total. The van der Waals surface area contributed by atoms with Gasteiger partial charge in [-0.05, 0) is 51.5 Å². The predicted octanol–water partition coefficient (Wildman–Crippen LogP) is 2.88. The third-order valence-electron chi connectivity index (χ3n) is 4.82. The Balaban J connectivity index is 1.80. The number of amides is 1. The lowest BCUT2D eigenvalue weighted by molar-refractivity contribution is 0.0519. The fourth-order valence-corrected chi connectivity index (χ4v) is 3.37. The van der Waals surface area contributed by atoms with Crippen LogP contribution in [-0.2, 0) is 4.74 Å². The number of aromatic nitrogens is 1. The molecule has 3 rings (SSSR count). The first kappa shape index (κ1) is 20.4. The molecule has 0 saturated heterocycles. The Morgan fingerprint density at radius 1 is 1.14 bits per heavy atom. The summed E-state index contributed by atoms with van der Waals surface area (Å²) in [6.45, 7) is 7.55. The van der Waals surface area contributed by atoms with Gasteiger partial charge in [0.05, 0.1) is 13.2 Å². The highest BCUT2D eigenvalue weighted by atomic mass is 16.7. The minimum Gasteiger partial charge on any atom is -0.461 e. The number of nitrogens with zero attached hydrogens (tertiary/aromatic N) is 1. The summed E-state index contributed by atoms with van der Waals surface area (Å²) >= 11 is 0. The number of carbonyl (C=O) groups excluding carboxylic acids is 3. The molecule has 0 radical (unpaired) electrons. The van der Waals surface area contributed by atoms with Crippen molar-refractivity contribution in [1.82, 2.24) is 9.88 Å². The molecule has 8 heteroatoms. The fourth-order valence-electron chi connectivity index (χ4n) is 3.37. The normalized spacial score (nSPS) is 12.0. The Hall–Kier alpha value is -3.29. The second-order valence-electron chi connectivity index (χ2n) is 6.66. The number of likely N-dealkylation sites (N-methyl/N-ethyl adjacent to an activating group) is 1. The number of esters is 1. The number of Topliss-reactive ketones (excluding diaryl/α,β-unsaturated/α-hetero) is 1. The molecule has 1 aliphatic rings. The van der Waals surface area contributed by atoms with Gasteiger partial charge in [0.15, 0.2) is 17.3 Å². The first-order valence-corrected chi connectivity index (χ1v) is 9.45. The van der Waals surface area contributed by atoms with Crippen LogP contribution in [0.2, 0.25) is 0 Å². The summed E-state index contributed by atoms with van der Waals surface area (Å²) in [4.78, 5) is 42.3. The molecule has 0 unspecified atom stereocenters. The molecule has 0 atom stereocenters. The summed E-state index contributed by atoms with van der Waals surface area (Å²) < 4.78 is 15.6. The Morgan fingerprint density at radius 3 is 2.55 bits per heavy atom. The van der Waals surface area contributed by atoms with E-state index in [-0.39, 0.29) is 37.3 Å². The number of aromatic amines is 1. The summed E-state index contributed by atoms with van der Waals surface area (Å²) in [7, 11) is 0. The molecule has 8 nitrogen and oxygen atoms in total. The van der Waals surface area contributed by atoms with Gasteiger partial charge in [0.25, 0.3) is 5.91 Å². The Morgan fingerprint density at radius 2 is 1.86 bits per heavy atom. The largest absolute Gasteiger partial charge is 0.461 e. The molecule has 1 aromatic carbocycles. The van der Waals surface area contributed by atoms with Crippen LogP contribution in [0.3, 0.4) is 0 Å². The fraction of sp³-hybridized carbons (Fsp3) is 0.381. The SMILES string of the molecule is CCOC(=O)c1[nH]c(C)c(C(=O)CN(CC)C(=O)c2ccc3c(c2)OCO3)c1C. The smallest absolute Gasteiger partial charge is 0.355 e. The zero-order chi connectivity index (χ0) is 21.1.